The fourth-order valence-corrected chi connectivity index (χ4v) is 3.57. The van der Waals surface area contributed by atoms with Gasteiger partial charge in [0.2, 0.25) is 0 Å². The first kappa shape index (κ1) is 20.6. The van der Waals surface area contributed by atoms with Crippen LogP contribution in [0.25, 0.3) is 10.9 Å². The largest absolute Gasteiger partial charge is 0.450 e. The first-order valence-electron chi connectivity index (χ1n) is 9.67. The van der Waals surface area contributed by atoms with Gasteiger partial charge in [0.25, 0.3) is 0 Å². The number of halogens is 2. The van der Waals surface area contributed by atoms with Crippen molar-refractivity contribution >= 4 is 28.4 Å². The summed E-state index contributed by atoms with van der Waals surface area (Å²) in [5.41, 5.74) is 4.69. The normalized spacial score (nSPS) is 10.9. The monoisotopic (exact) mass is 401 g/mol. The Kier molecular flexibility index (Phi) is 6.36. The first-order chi connectivity index (χ1) is 13.9. The fourth-order valence-electron chi connectivity index (χ4n) is 3.57. The lowest BCUT2D eigenvalue weighted by Gasteiger charge is -2.08. The minimum atomic E-state index is -0.888. The summed E-state index contributed by atoms with van der Waals surface area (Å²) in [5.74, 6) is -1.76. The molecule has 3 rings (SSSR count). The van der Waals surface area contributed by atoms with E-state index in [1.54, 1.807) is 6.92 Å². The highest BCUT2D eigenvalue weighted by Gasteiger charge is 2.15. The highest BCUT2D eigenvalue weighted by molar-refractivity contribution is 5.89. The quantitative estimate of drug-likeness (QED) is 0.582. The lowest BCUT2D eigenvalue weighted by atomic mass is 10.1. The second-order valence-corrected chi connectivity index (χ2v) is 6.72. The highest BCUT2D eigenvalue weighted by atomic mass is 19.2. The summed E-state index contributed by atoms with van der Waals surface area (Å²) in [7, 11) is 2.00. The lowest BCUT2D eigenvalue weighted by Crippen LogP contribution is -2.27. The molecule has 0 saturated carbocycles. The molecule has 154 valence electrons. The van der Waals surface area contributed by atoms with E-state index in [0.29, 0.717) is 25.3 Å². The Balaban J connectivity index is 1.85. The van der Waals surface area contributed by atoms with Crippen LogP contribution in [0.15, 0.2) is 36.4 Å². The zero-order valence-electron chi connectivity index (χ0n) is 16.8. The third-order valence-corrected chi connectivity index (χ3v) is 4.90. The third kappa shape index (κ3) is 4.50. The number of nitrogens with zero attached hydrogens (tertiary/aromatic N) is 1. The van der Waals surface area contributed by atoms with Gasteiger partial charge >= 0.3 is 6.09 Å². The average Bonchev–Trinajstić information content (AvgIpc) is 2.96. The van der Waals surface area contributed by atoms with Crippen LogP contribution in [-0.2, 0) is 24.6 Å². The first-order valence-corrected chi connectivity index (χ1v) is 9.67. The van der Waals surface area contributed by atoms with Gasteiger partial charge in [0.05, 0.1) is 6.61 Å². The molecule has 0 atom stereocenters. The molecule has 0 radical (unpaired) electrons. The maximum atomic E-state index is 13.5. The molecule has 5 nitrogen and oxygen atoms in total. The summed E-state index contributed by atoms with van der Waals surface area (Å²) >= 11 is 0. The van der Waals surface area contributed by atoms with Crippen LogP contribution in [-0.4, -0.2) is 23.8 Å². The summed E-state index contributed by atoms with van der Waals surface area (Å²) < 4.78 is 33.6. The molecule has 0 bridgehead atoms. The molecule has 7 heteroatoms. The number of aromatic nitrogens is 1. The van der Waals surface area contributed by atoms with E-state index in [0.717, 1.165) is 40.8 Å². The van der Waals surface area contributed by atoms with E-state index < -0.39 is 17.7 Å². The van der Waals surface area contributed by atoms with E-state index in [1.807, 2.05) is 25.2 Å². The highest BCUT2D eigenvalue weighted by Crippen LogP contribution is 2.30. The summed E-state index contributed by atoms with van der Waals surface area (Å²) in [5, 5.41) is 6.97. The van der Waals surface area contributed by atoms with Crippen molar-refractivity contribution in [2.45, 2.75) is 26.7 Å². The van der Waals surface area contributed by atoms with Gasteiger partial charge in [-0.15, -0.1) is 0 Å². The maximum Gasteiger partial charge on any atom is 0.407 e. The maximum absolute atomic E-state index is 13.5. The molecule has 0 fully saturated rings. The number of hydrogen-bond donors (Lipinski definition) is 2. The van der Waals surface area contributed by atoms with Crippen molar-refractivity contribution in [1.29, 1.82) is 0 Å². The number of anilines is 2. The van der Waals surface area contributed by atoms with Crippen LogP contribution in [0.2, 0.25) is 0 Å². The number of fused-ring (bicyclic) bond motifs is 1. The van der Waals surface area contributed by atoms with Crippen LogP contribution in [0.3, 0.4) is 0 Å². The van der Waals surface area contributed by atoms with Crippen molar-refractivity contribution < 1.29 is 18.3 Å². The molecule has 1 amide bonds. The van der Waals surface area contributed by atoms with Gasteiger partial charge < -0.3 is 19.9 Å². The van der Waals surface area contributed by atoms with Gasteiger partial charge in [-0.25, -0.2) is 13.6 Å². The Bertz CT molecular complexity index is 1030. The van der Waals surface area contributed by atoms with E-state index in [2.05, 4.69) is 22.1 Å². The predicted molar refractivity (Wildman–Crippen MR) is 111 cm³/mol. The lowest BCUT2D eigenvalue weighted by molar-refractivity contribution is 0.152. The van der Waals surface area contributed by atoms with E-state index in [9.17, 15) is 13.6 Å². The van der Waals surface area contributed by atoms with Crippen molar-refractivity contribution in [2.75, 3.05) is 18.5 Å². The van der Waals surface area contributed by atoms with Crippen LogP contribution in [0.5, 0.6) is 0 Å². The van der Waals surface area contributed by atoms with E-state index in [-0.39, 0.29) is 0 Å². The molecule has 3 aromatic rings. The number of nitrogens with one attached hydrogen (secondary N) is 2. The molecule has 2 aromatic carbocycles. The van der Waals surface area contributed by atoms with Crippen LogP contribution in [0.4, 0.5) is 25.0 Å². The summed E-state index contributed by atoms with van der Waals surface area (Å²) in [6, 6.07) is 9.66. The van der Waals surface area contributed by atoms with Gasteiger partial charge in [0.15, 0.2) is 11.6 Å². The SMILES string of the molecule is CCOC(=O)NCCc1c(CC)c2cc(Nc3ccc(F)c(F)c3)ccc2n1C. The molecule has 2 N–H and O–H groups in total. The molecule has 0 aliphatic carbocycles. The Hall–Kier alpha value is -3.09. The standard InChI is InChI=1S/C22H25F2N3O2/c1-4-16-17-12-14(26-15-6-8-18(23)19(24)13-15)7-9-20(17)27(3)21(16)10-11-25-22(28)29-5-2/h6-9,12-13,26H,4-5,10-11H2,1-3H3,(H,25,28). The molecule has 29 heavy (non-hydrogen) atoms. The molecule has 1 aromatic heterocycles. The van der Waals surface area contributed by atoms with Crippen LogP contribution in [0.1, 0.15) is 25.1 Å². The molecule has 0 aliphatic rings. The molecule has 0 unspecified atom stereocenters. The van der Waals surface area contributed by atoms with E-state index in [1.165, 1.54) is 11.6 Å². The van der Waals surface area contributed by atoms with E-state index >= 15 is 0 Å². The van der Waals surface area contributed by atoms with Crippen molar-refractivity contribution in [3.05, 3.63) is 59.3 Å². The van der Waals surface area contributed by atoms with Crippen molar-refractivity contribution in [3.63, 3.8) is 0 Å². The van der Waals surface area contributed by atoms with Gasteiger partial charge in [0, 0.05) is 54.1 Å². The summed E-state index contributed by atoms with van der Waals surface area (Å²) in [6.45, 7) is 4.68. The van der Waals surface area contributed by atoms with Gasteiger partial charge in [0.1, 0.15) is 0 Å². The molecule has 0 saturated heterocycles. The number of ether oxygens (including phenoxy) is 1. The van der Waals surface area contributed by atoms with Gasteiger partial charge in [-0.05, 0) is 49.2 Å². The molecule has 1 heterocycles. The molecular weight excluding hydrogens is 376 g/mol. The second-order valence-electron chi connectivity index (χ2n) is 6.72. The topological polar surface area (TPSA) is 55.3 Å². The zero-order chi connectivity index (χ0) is 21.0. The average molecular weight is 401 g/mol. The minimum absolute atomic E-state index is 0.341. The predicted octanol–water partition coefficient (Wildman–Crippen LogP) is 5.05. The number of carbonyl (C=O) groups is 1. The fraction of sp³-hybridized carbons (Fsp3) is 0.318. The molecular formula is C22H25F2N3O2. The molecule has 0 aliphatic heterocycles. The van der Waals surface area contributed by atoms with Crippen LogP contribution >= 0.6 is 0 Å². The number of alkyl carbamates (subject to hydrolysis) is 1. The number of rotatable bonds is 7. The van der Waals surface area contributed by atoms with E-state index in [4.69, 9.17) is 4.74 Å². The van der Waals surface area contributed by atoms with Gasteiger partial charge in [-0.3, -0.25) is 0 Å². The Labute approximate surface area is 168 Å². The smallest absolute Gasteiger partial charge is 0.407 e. The number of aryl methyl sites for hydroxylation is 2. The number of benzene rings is 2. The summed E-state index contributed by atoms with van der Waals surface area (Å²) in [6.07, 6.45) is 1.10. The number of hydrogen-bond acceptors (Lipinski definition) is 3. The molecule has 0 spiro atoms. The van der Waals surface area contributed by atoms with Crippen molar-refractivity contribution in [3.8, 4) is 0 Å². The van der Waals surface area contributed by atoms with Crippen molar-refractivity contribution in [2.24, 2.45) is 7.05 Å². The van der Waals surface area contributed by atoms with Gasteiger partial charge in [-0.2, -0.15) is 0 Å². The Morgan fingerprint density at radius 2 is 1.79 bits per heavy atom. The zero-order valence-corrected chi connectivity index (χ0v) is 16.8. The van der Waals surface area contributed by atoms with Gasteiger partial charge in [-0.1, -0.05) is 6.92 Å². The van der Waals surface area contributed by atoms with Crippen LogP contribution in [0, 0.1) is 11.6 Å². The minimum Gasteiger partial charge on any atom is -0.450 e. The second kappa shape index (κ2) is 8.94. The summed E-state index contributed by atoms with van der Waals surface area (Å²) in [4.78, 5) is 11.5. The number of amides is 1. The Morgan fingerprint density at radius 1 is 1.07 bits per heavy atom. The Morgan fingerprint density at radius 3 is 2.48 bits per heavy atom. The number of carbonyl (C=O) groups excluding carboxylic acids is 1. The van der Waals surface area contributed by atoms with Crippen molar-refractivity contribution in [1.82, 2.24) is 9.88 Å². The third-order valence-electron chi connectivity index (χ3n) is 4.90. The van der Waals surface area contributed by atoms with Crippen LogP contribution < -0.4 is 10.6 Å².